The number of hydrogen-bond acceptors (Lipinski definition) is 4. The van der Waals surface area contributed by atoms with Gasteiger partial charge in [-0.05, 0) is 31.5 Å². The Kier molecular flexibility index (Phi) is 6.00. The molecule has 2 rings (SSSR count). The minimum absolute atomic E-state index is 0.110. The smallest absolute Gasteiger partial charge is 0.323 e. The summed E-state index contributed by atoms with van der Waals surface area (Å²) >= 11 is 4.30. The summed E-state index contributed by atoms with van der Waals surface area (Å²) in [4.78, 5) is 23.8. The first kappa shape index (κ1) is 17.7. The van der Waals surface area contributed by atoms with E-state index < -0.39 is 11.1 Å². The molecule has 9 heteroatoms. The van der Waals surface area contributed by atoms with Gasteiger partial charge in [0, 0.05) is 11.0 Å². The molecular formula is C14H16BrFN4O2S. The van der Waals surface area contributed by atoms with Crippen LogP contribution in [0, 0.1) is 5.82 Å². The topological polar surface area (TPSA) is 79.8 Å². The molecule has 6 nitrogen and oxygen atoms in total. The number of nitrogens with one attached hydrogen (secondary N) is 2. The first-order valence-electron chi connectivity index (χ1n) is 7.00. The van der Waals surface area contributed by atoms with Gasteiger partial charge in [-0.1, -0.05) is 34.6 Å². The molecule has 2 N–H and O–H groups in total. The fourth-order valence-corrected chi connectivity index (χ4v) is 3.07. The molecule has 0 bridgehead atoms. The second-order valence-electron chi connectivity index (χ2n) is 4.84. The summed E-state index contributed by atoms with van der Waals surface area (Å²) in [6.45, 7) is 4.14. The molecule has 1 atom stereocenters. The van der Waals surface area contributed by atoms with Crippen molar-refractivity contribution in [3.05, 3.63) is 39.0 Å². The second kappa shape index (κ2) is 7.78. The lowest BCUT2D eigenvalue weighted by atomic mass is 10.3. The van der Waals surface area contributed by atoms with E-state index in [1.165, 1.54) is 16.7 Å². The maximum absolute atomic E-state index is 13.8. The highest BCUT2D eigenvalue weighted by atomic mass is 79.9. The van der Waals surface area contributed by atoms with Crippen LogP contribution < -0.4 is 11.0 Å². The van der Waals surface area contributed by atoms with Gasteiger partial charge < -0.3 is 5.32 Å². The van der Waals surface area contributed by atoms with Crippen molar-refractivity contribution in [1.82, 2.24) is 14.8 Å². The Morgan fingerprint density at radius 2 is 2.30 bits per heavy atom. The van der Waals surface area contributed by atoms with E-state index in [0.717, 1.165) is 18.2 Å². The van der Waals surface area contributed by atoms with Crippen molar-refractivity contribution >= 4 is 39.3 Å². The molecule has 0 aliphatic heterocycles. The minimum Gasteiger partial charge on any atom is -0.323 e. The van der Waals surface area contributed by atoms with Crippen LogP contribution in [0.4, 0.5) is 10.1 Å². The van der Waals surface area contributed by atoms with E-state index >= 15 is 0 Å². The number of carbonyl (C=O) groups excluding carboxylic acids is 1. The van der Waals surface area contributed by atoms with Gasteiger partial charge in [0.15, 0.2) is 5.16 Å². The largest absolute Gasteiger partial charge is 0.343 e. The third-order valence-corrected chi connectivity index (χ3v) is 4.59. The average molecular weight is 403 g/mol. The van der Waals surface area contributed by atoms with E-state index in [2.05, 4.69) is 31.4 Å². The third kappa shape index (κ3) is 4.44. The van der Waals surface area contributed by atoms with Gasteiger partial charge in [-0.15, -0.1) is 5.10 Å². The van der Waals surface area contributed by atoms with E-state index in [4.69, 9.17) is 0 Å². The number of nitrogens with zero attached hydrogens (tertiary/aromatic N) is 2. The van der Waals surface area contributed by atoms with Crippen LogP contribution in [0.5, 0.6) is 0 Å². The van der Waals surface area contributed by atoms with Crippen molar-refractivity contribution in [2.24, 2.45) is 0 Å². The Morgan fingerprint density at radius 1 is 1.57 bits per heavy atom. The number of aromatic amines is 1. The monoisotopic (exact) mass is 402 g/mol. The number of thioether (sulfide) groups is 1. The van der Waals surface area contributed by atoms with Crippen molar-refractivity contribution in [2.75, 3.05) is 5.32 Å². The molecule has 0 saturated carbocycles. The standard InChI is InChI=1S/C14H16BrFN4O2S/c1-3-6-20-13(22)18-19-14(20)23-8(2)12(21)17-11-5-4-9(15)7-10(11)16/h4-5,7-8H,3,6H2,1-2H3,(H,17,21)(H,18,22)/t8-/m1/s1. The van der Waals surface area contributed by atoms with Crippen LogP contribution in [0.3, 0.4) is 0 Å². The highest BCUT2D eigenvalue weighted by molar-refractivity contribution is 9.10. The SMILES string of the molecule is CCCn1c(S[C@H](C)C(=O)Nc2ccc(Br)cc2F)n[nH]c1=O. The normalized spacial score (nSPS) is 12.2. The van der Waals surface area contributed by atoms with Crippen LogP contribution >= 0.6 is 27.7 Å². The molecule has 0 aliphatic rings. The molecule has 1 heterocycles. The summed E-state index contributed by atoms with van der Waals surface area (Å²) in [5, 5.41) is 8.73. The number of aromatic nitrogens is 3. The lowest BCUT2D eigenvalue weighted by molar-refractivity contribution is -0.115. The zero-order valence-electron chi connectivity index (χ0n) is 12.6. The number of anilines is 1. The van der Waals surface area contributed by atoms with E-state index in [0.29, 0.717) is 16.2 Å². The third-order valence-electron chi connectivity index (χ3n) is 3.01. The highest BCUT2D eigenvalue weighted by Crippen LogP contribution is 2.23. The molecule has 1 aromatic carbocycles. The molecule has 2 aromatic rings. The van der Waals surface area contributed by atoms with Gasteiger partial charge in [0.25, 0.3) is 0 Å². The fourth-order valence-electron chi connectivity index (χ4n) is 1.85. The predicted molar refractivity (Wildman–Crippen MR) is 91.2 cm³/mol. The molecule has 0 unspecified atom stereocenters. The lowest BCUT2D eigenvalue weighted by Crippen LogP contribution is -2.24. The number of amides is 1. The van der Waals surface area contributed by atoms with Crippen molar-refractivity contribution in [1.29, 1.82) is 0 Å². The van der Waals surface area contributed by atoms with Crippen LogP contribution in [0.25, 0.3) is 0 Å². The average Bonchev–Trinajstić information content (AvgIpc) is 2.83. The van der Waals surface area contributed by atoms with Gasteiger partial charge in [-0.25, -0.2) is 14.3 Å². The molecule has 1 aromatic heterocycles. The van der Waals surface area contributed by atoms with Crippen molar-refractivity contribution in [3.63, 3.8) is 0 Å². The predicted octanol–water partition coefficient (Wildman–Crippen LogP) is 3.00. The van der Waals surface area contributed by atoms with Gasteiger partial charge in [0.2, 0.25) is 5.91 Å². The van der Waals surface area contributed by atoms with Crippen LogP contribution in [-0.2, 0) is 11.3 Å². The molecule has 1 amide bonds. The van der Waals surface area contributed by atoms with E-state index in [9.17, 15) is 14.0 Å². The molecule has 0 saturated heterocycles. The Bertz CT molecular complexity index is 761. The van der Waals surface area contributed by atoms with Gasteiger partial charge in [0.05, 0.1) is 10.9 Å². The maximum atomic E-state index is 13.8. The van der Waals surface area contributed by atoms with Crippen molar-refractivity contribution in [3.8, 4) is 0 Å². The van der Waals surface area contributed by atoms with E-state index in [1.807, 2.05) is 6.92 Å². The molecule has 124 valence electrons. The first-order chi connectivity index (χ1) is 10.9. The molecule has 0 aliphatic carbocycles. The summed E-state index contributed by atoms with van der Waals surface area (Å²) in [5.74, 6) is -0.887. The first-order valence-corrected chi connectivity index (χ1v) is 8.67. The molecule has 23 heavy (non-hydrogen) atoms. The van der Waals surface area contributed by atoms with Crippen LogP contribution in [0.1, 0.15) is 20.3 Å². The summed E-state index contributed by atoms with van der Waals surface area (Å²) < 4.78 is 15.8. The zero-order chi connectivity index (χ0) is 17.0. The molecule has 0 radical (unpaired) electrons. The molecule has 0 fully saturated rings. The van der Waals surface area contributed by atoms with Crippen LogP contribution in [0.2, 0.25) is 0 Å². The van der Waals surface area contributed by atoms with Gasteiger partial charge in [-0.2, -0.15) is 0 Å². The number of H-pyrrole nitrogens is 1. The number of rotatable bonds is 6. The number of hydrogen-bond donors (Lipinski definition) is 2. The van der Waals surface area contributed by atoms with Crippen LogP contribution in [-0.4, -0.2) is 25.9 Å². The number of benzene rings is 1. The zero-order valence-corrected chi connectivity index (χ0v) is 15.0. The summed E-state index contributed by atoms with van der Waals surface area (Å²) in [6, 6.07) is 4.40. The van der Waals surface area contributed by atoms with Crippen LogP contribution in [0.15, 0.2) is 32.6 Å². The summed E-state index contributed by atoms with van der Waals surface area (Å²) in [5.41, 5.74) is -0.195. The Labute approximate surface area is 145 Å². The van der Waals surface area contributed by atoms with Crippen molar-refractivity contribution in [2.45, 2.75) is 37.2 Å². The number of carbonyl (C=O) groups is 1. The van der Waals surface area contributed by atoms with E-state index in [-0.39, 0.29) is 17.3 Å². The summed E-state index contributed by atoms with van der Waals surface area (Å²) in [7, 11) is 0. The molecule has 0 spiro atoms. The maximum Gasteiger partial charge on any atom is 0.343 e. The minimum atomic E-state index is -0.538. The van der Waals surface area contributed by atoms with Gasteiger partial charge in [-0.3, -0.25) is 9.36 Å². The highest BCUT2D eigenvalue weighted by Gasteiger charge is 2.20. The van der Waals surface area contributed by atoms with Gasteiger partial charge >= 0.3 is 5.69 Å². The van der Waals surface area contributed by atoms with E-state index in [1.54, 1.807) is 13.0 Å². The second-order valence-corrected chi connectivity index (χ2v) is 7.06. The fraction of sp³-hybridized carbons (Fsp3) is 0.357. The molecular weight excluding hydrogens is 387 g/mol. The number of halogens is 2. The lowest BCUT2D eigenvalue weighted by Gasteiger charge is -2.12. The summed E-state index contributed by atoms with van der Waals surface area (Å²) in [6.07, 6.45) is 0.775. The van der Waals surface area contributed by atoms with Crippen molar-refractivity contribution < 1.29 is 9.18 Å². The quantitative estimate of drug-likeness (QED) is 0.727. The Morgan fingerprint density at radius 3 is 2.96 bits per heavy atom. The van der Waals surface area contributed by atoms with Gasteiger partial charge in [0.1, 0.15) is 5.82 Å². The Hall–Kier alpha value is -1.61. The Balaban J connectivity index is 2.07.